The maximum absolute atomic E-state index is 14.0. The number of benzene rings is 1. The number of ether oxygens (including phenoxy) is 1. The third-order valence-electron chi connectivity index (χ3n) is 7.62. The van der Waals surface area contributed by atoms with E-state index in [-0.39, 0.29) is 40.5 Å². The lowest BCUT2D eigenvalue weighted by atomic mass is 9.81. The molecule has 1 atom stereocenters. The highest BCUT2D eigenvalue weighted by molar-refractivity contribution is 7.96. The molecule has 7 nitrogen and oxygen atoms in total. The first kappa shape index (κ1) is 31.3. The van der Waals surface area contributed by atoms with E-state index >= 15 is 0 Å². The minimum absolute atomic E-state index is 0.00738. The van der Waals surface area contributed by atoms with Crippen LogP contribution in [0.15, 0.2) is 74.9 Å². The van der Waals surface area contributed by atoms with E-state index in [1.54, 1.807) is 6.07 Å². The number of Topliss-reactive ketones (excluding diaryl/α,β-unsaturated/α-hetero) is 2. The number of rotatable bonds is 9. The van der Waals surface area contributed by atoms with Gasteiger partial charge >= 0.3 is 0 Å². The van der Waals surface area contributed by atoms with Crippen molar-refractivity contribution in [3.05, 3.63) is 86.0 Å². The quantitative estimate of drug-likeness (QED) is 0.259. The average Bonchev–Trinajstić information content (AvgIpc) is 2.89. The van der Waals surface area contributed by atoms with Crippen LogP contribution >= 0.6 is 0 Å². The lowest BCUT2D eigenvalue weighted by Gasteiger charge is -2.35. The summed E-state index contributed by atoms with van der Waals surface area (Å²) in [7, 11) is -3.96. The Bertz CT molecular complexity index is 1610. The summed E-state index contributed by atoms with van der Waals surface area (Å²) < 4.78 is 32.6. The Balaban J connectivity index is 1.83. The van der Waals surface area contributed by atoms with Gasteiger partial charge in [0.2, 0.25) is 11.6 Å². The highest BCUT2D eigenvalue weighted by Gasteiger charge is 2.47. The molecule has 4 rings (SSSR count). The second kappa shape index (κ2) is 12.7. The highest BCUT2D eigenvalue weighted by Crippen LogP contribution is 2.46. The summed E-state index contributed by atoms with van der Waals surface area (Å²) in [5, 5.41) is 13.6. The number of aromatic hydroxyl groups is 1. The van der Waals surface area contributed by atoms with E-state index in [1.165, 1.54) is 22.8 Å². The maximum Gasteiger partial charge on any atom is 0.211 e. The monoisotopic (exact) mass is 591 g/mol. The third-order valence-corrected chi connectivity index (χ3v) is 9.38. The molecule has 0 amide bonds. The summed E-state index contributed by atoms with van der Waals surface area (Å²) in [6.07, 6.45) is 11.1. The number of phenolic OH excluding ortho intramolecular Hbond substituents is 1. The summed E-state index contributed by atoms with van der Waals surface area (Å²) >= 11 is 0. The first-order valence-electron chi connectivity index (χ1n) is 14.5. The molecule has 3 aliphatic rings. The average molecular weight is 592 g/mol. The number of carbonyl (C=O) groups is 2. The van der Waals surface area contributed by atoms with Crippen molar-refractivity contribution >= 4 is 27.0 Å². The van der Waals surface area contributed by atoms with E-state index < -0.39 is 32.4 Å². The Hall–Kier alpha value is -3.65. The molecule has 2 aliphatic heterocycles. The summed E-state index contributed by atoms with van der Waals surface area (Å²) in [5.74, 6) is -1.28. The third kappa shape index (κ3) is 6.70. The molecule has 0 bridgehead atoms. The van der Waals surface area contributed by atoms with Crippen molar-refractivity contribution in [3.8, 4) is 11.5 Å². The molecule has 1 aromatic carbocycles. The van der Waals surface area contributed by atoms with Crippen molar-refractivity contribution in [1.82, 2.24) is 5.32 Å². The van der Waals surface area contributed by atoms with Gasteiger partial charge in [0.1, 0.15) is 28.2 Å². The fraction of sp³-hybridized carbons (Fsp3) is 0.412. The normalized spacial score (nSPS) is 19.8. The van der Waals surface area contributed by atoms with Crippen LogP contribution in [0.1, 0.15) is 78.4 Å². The molecule has 0 radical (unpaired) electrons. The Kier molecular flexibility index (Phi) is 9.46. The second-order valence-electron chi connectivity index (χ2n) is 11.8. The van der Waals surface area contributed by atoms with Gasteiger partial charge in [-0.1, -0.05) is 40.5 Å². The molecule has 0 aromatic heterocycles. The van der Waals surface area contributed by atoms with Crippen LogP contribution in [0.2, 0.25) is 0 Å². The van der Waals surface area contributed by atoms with Gasteiger partial charge in [0, 0.05) is 23.2 Å². The van der Waals surface area contributed by atoms with Crippen LogP contribution in [0.3, 0.4) is 0 Å². The molecule has 1 aromatic rings. The molecule has 0 saturated carbocycles. The van der Waals surface area contributed by atoms with Gasteiger partial charge in [0.15, 0.2) is 9.84 Å². The number of allylic oxidation sites excluding steroid dienone is 10. The molecular formula is C34H41NO6S. The second-order valence-corrected chi connectivity index (χ2v) is 13.9. The largest absolute Gasteiger partial charge is 0.508 e. The number of fused-ring (bicyclic) bond motifs is 2. The predicted molar refractivity (Wildman–Crippen MR) is 167 cm³/mol. The Morgan fingerprint density at radius 1 is 0.952 bits per heavy atom. The SMILES string of the molecule is CC(C)=CCC/C(C)=C/Cc1cc(O)cc2c1OC(/C=C(\C)CCC=C(C)C)C1=C2C(=O)C2=C(NCCS2(=O)=O)C1=O. The van der Waals surface area contributed by atoms with Crippen LogP contribution in [-0.2, 0) is 25.8 Å². The number of nitrogens with one attached hydrogen (secondary N) is 1. The molecule has 1 unspecified atom stereocenters. The van der Waals surface area contributed by atoms with Gasteiger partial charge in [0.05, 0.1) is 11.3 Å². The summed E-state index contributed by atoms with van der Waals surface area (Å²) in [6, 6.07) is 2.99. The molecule has 2 heterocycles. The molecular weight excluding hydrogens is 550 g/mol. The smallest absolute Gasteiger partial charge is 0.211 e. The molecule has 8 heteroatoms. The zero-order valence-corrected chi connectivity index (χ0v) is 26.2. The molecule has 1 aliphatic carbocycles. The Labute approximate surface area is 249 Å². The van der Waals surface area contributed by atoms with Gasteiger partial charge in [0.25, 0.3) is 0 Å². The van der Waals surface area contributed by atoms with Crippen molar-refractivity contribution in [2.45, 2.75) is 79.8 Å². The Morgan fingerprint density at radius 2 is 1.60 bits per heavy atom. The summed E-state index contributed by atoms with van der Waals surface area (Å²) in [5.41, 5.74) is 5.43. The van der Waals surface area contributed by atoms with E-state index in [9.17, 15) is 23.1 Å². The Morgan fingerprint density at radius 3 is 2.24 bits per heavy atom. The summed E-state index contributed by atoms with van der Waals surface area (Å²) in [6.45, 7) is 12.3. The number of sulfone groups is 1. The van der Waals surface area contributed by atoms with Gasteiger partial charge < -0.3 is 15.2 Å². The van der Waals surface area contributed by atoms with E-state index in [2.05, 4.69) is 44.3 Å². The van der Waals surface area contributed by atoms with Crippen LogP contribution < -0.4 is 10.1 Å². The van der Waals surface area contributed by atoms with Gasteiger partial charge in [-0.15, -0.1) is 0 Å². The van der Waals surface area contributed by atoms with Crippen LogP contribution in [0.4, 0.5) is 0 Å². The minimum Gasteiger partial charge on any atom is -0.508 e. The van der Waals surface area contributed by atoms with Crippen LogP contribution in [0, 0.1) is 0 Å². The van der Waals surface area contributed by atoms with Crippen molar-refractivity contribution in [3.63, 3.8) is 0 Å². The van der Waals surface area contributed by atoms with Crippen molar-refractivity contribution in [1.29, 1.82) is 0 Å². The van der Waals surface area contributed by atoms with E-state index in [1.807, 2.05) is 26.8 Å². The first-order chi connectivity index (χ1) is 19.8. The fourth-order valence-corrected chi connectivity index (χ4v) is 6.90. The number of hydrogen-bond acceptors (Lipinski definition) is 7. The van der Waals surface area contributed by atoms with E-state index in [4.69, 9.17) is 4.74 Å². The van der Waals surface area contributed by atoms with Gasteiger partial charge in [-0.3, -0.25) is 9.59 Å². The molecule has 0 spiro atoms. The fourth-order valence-electron chi connectivity index (χ4n) is 5.47. The molecule has 224 valence electrons. The van der Waals surface area contributed by atoms with Gasteiger partial charge in [-0.05, 0) is 91.9 Å². The van der Waals surface area contributed by atoms with Gasteiger partial charge in [-0.2, -0.15) is 0 Å². The van der Waals surface area contributed by atoms with Crippen molar-refractivity contribution < 1.29 is 27.9 Å². The number of ketones is 2. The highest BCUT2D eigenvalue weighted by atomic mass is 32.2. The van der Waals surface area contributed by atoms with Crippen molar-refractivity contribution in [2.75, 3.05) is 12.3 Å². The summed E-state index contributed by atoms with van der Waals surface area (Å²) in [4.78, 5) is 27.4. The number of phenols is 1. The standard InChI is InChI=1S/C34H41NO6S/c1-20(2)9-7-11-22(5)13-14-24-18-25(36)19-26-28-29(27(41-33(24)26)17-23(6)12-8-10-21(3)4)31(37)30-34(32(28)38)42(39,40)16-15-35-30/h9-10,13,17-19,27,35-36H,7-8,11-12,14-16H2,1-6H3/b22-13+,23-17+. The molecule has 0 fully saturated rings. The lowest BCUT2D eigenvalue weighted by Crippen LogP contribution is -2.44. The number of carbonyl (C=O) groups excluding carboxylic acids is 2. The topological polar surface area (TPSA) is 110 Å². The van der Waals surface area contributed by atoms with E-state index in [0.29, 0.717) is 17.7 Å². The lowest BCUT2D eigenvalue weighted by molar-refractivity contribution is -0.116. The van der Waals surface area contributed by atoms with Crippen LogP contribution in [0.25, 0.3) is 5.57 Å². The molecule has 42 heavy (non-hydrogen) atoms. The zero-order valence-electron chi connectivity index (χ0n) is 25.4. The molecule has 0 saturated heterocycles. The zero-order chi connectivity index (χ0) is 30.8. The minimum atomic E-state index is -3.96. The van der Waals surface area contributed by atoms with E-state index in [0.717, 1.165) is 31.3 Å². The van der Waals surface area contributed by atoms with Crippen LogP contribution in [0.5, 0.6) is 11.5 Å². The molecule has 2 N–H and O–H groups in total. The first-order valence-corrected chi connectivity index (χ1v) is 16.1. The van der Waals surface area contributed by atoms with Crippen LogP contribution in [-0.4, -0.2) is 43.5 Å². The number of hydrogen-bond donors (Lipinski definition) is 2. The maximum atomic E-state index is 14.0. The predicted octanol–water partition coefficient (Wildman–Crippen LogP) is 6.22. The van der Waals surface area contributed by atoms with Crippen molar-refractivity contribution in [2.24, 2.45) is 0 Å². The van der Waals surface area contributed by atoms with Gasteiger partial charge in [-0.25, -0.2) is 8.42 Å².